The van der Waals surface area contributed by atoms with Crippen LogP contribution in [0.25, 0.3) is 0 Å². The van der Waals surface area contributed by atoms with Gasteiger partial charge in [-0.15, -0.1) is 5.06 Å². The molecule has 54 valence electrons. The Balaban J connectivity index is 2.35. The molecule has 2 N–H and O–H groups in total. The van der Waals surface area contributed by atoms with Crippen LogP contribution in [0.5, 0.6) is 0 Å². The number of hydroxylamine groups is 2. The van der Waals surface area contributed by atoms with Gasteiger partial charge in [0.1, 0.15) is 0 Å². The molecule has 0 aromatic heterocycles. The zero-order valence-corrected chi connectivity index (χ0v) is 6.10. The van der Waals surface area contributed by atoms with Crippen molar-refractivity contribution in [1.29, 1.82) is 0 Å². The fourth-order valence-corrected chi connectivity index (χ4v) is 0.868. The first-order chi connectivity index (χ1) is 4.20. The molecular formula is C3H7Cl2N3O. The van der Waals surface area contributed by atoms with E-state index in [0.717, 1.165) is 5.06 Å². The van der Waals surface area contributed by atoms with Gasteiger partial charge in [-0.3, -0.25) is 5.32 Å². The fourth-order valence-electron chi connectivity index (χ4n) is 0.559. The van der Waals surface area contributed by atoms with Crippen LogP contribution < -0.4 is 5.32 Å². The molecule has 1 saturated heterocycles. The Morgan fingerprint density at radius 3 is 2.78 bits per heavy atom. The highest BCUT2D eigenvalue weighted by atomic mass is 35.5. The van der Waals surface area contributed by atoms with Gasteiger partial charge in [-0.25, -0.2) is 0 Å². The van der Waals surface area contributed by atoms with E-state index in [0.29, 0.717) is 6.67 Å². The van der Waals surface area contributed by atoms with Crippen LogP contribution in [0.2, 0.25) is 0 Å². The third-order valence-corrected chi connectivity index (χ3v) is 1.60. The maximum Gasteiger partial charge on any atom is 0.162 e. The third-order valence-electron chi connectivity index (χ3n) is 0.991. The van der Waals surface area contributed by atoms with Crippen LogP contribution in [0.15, 0.2) is 0 Å². The van der Waals surface area contributed by atoms with Gasteiger partial charge in [-0.05, 0) is 11.8 Å². The van der Waals surface area contributed by atoms with Crippen molar-refractivity contribution >= 4 is 23.4 Å². The number of alkyl halides is 1. The molecule has 1 aliphatic heterocycles. The highest BCUT2D eigenvalue weighted by Crippen LogP contribution is 2.06. The fraction of sp³-hybridized carbons (Fsp3) is 1.00. The largest absolute Gasteiger partial charge is 0.310 e. The minimum Gasteiger partial charge on any atom is -0.310 e. The van der Waals surface area contributed by atoms with E-state index in [2.05, 4.69) is 5.32 Å². The Labute approximate surface area is 63.0 Å². The van der Waals surface area contributed by atoms with E-state index in [4.69, 9.17) is 28.6 Å². The van der Waals surface area contributed by atoms with Crippen LogP contribution in [0, 0.1) is 0 Å². The zero-order valence-electron chi connectivity index (χ0n) is 4.59. The smallest absolute Gasteiger partial charge is 0.162 e. The standard InChI is InChI=1S/C3H7Cl2N3O/c4-3-6-1-7(5)2-8(3)9/h3,6,9H,1-2H2. The van der Waals surface area contributed by atoms with Crippen molar-refractivity contribution in [3.8, 4) is 0 Å². The zero-order chi connectivity index (χ0) is 6.85. The predicted molar refractivity (Wildman–Crippen MR) is 33.8 cm³/mol. The lowest BCUT2D eigenvalue weighted by atomic mass is 10.7. The topological polar surface area (TPSA) is 38.7 Å². The van der Waals surface area contributed by atoms with Crippen LogP contribution in [-0.4, -0.2) is 33.7 Å². The van der Waals surface area contributed by atoms with Crippen molar-refractivity contribution in [3.05, 3.63) is 0 Å². The molecule has 1 atom stereocenters. The molecule has 0 amide bonds. The van der Waals surface area contributed by atoms with Crippen molar-refractivity contribution in [2.45, 2.75) is 5.62 Å². The van der Waals surface area contributed by atoms with Gasteiger partial charge in [0.2, 0.25) is 0 Å². The summed E-state index contributed by atoms with van der Waals surface area (Å²) in [5.41, 5.74) is -0.528. The highest BCUT2D eigenvalue weighted by molar-refractivity contribution is 6.20. The molecule has 1 unspecified atom stereocenters. The lowest BCUT2D eigenvalue weighted by Gasteiger charge is -2.31. The molecule has 1 aliphatic rings. The van der Waals surface area contributed by atoms with Gasteiger partial charge in [0, 0.05) is 0 Å². The molecule has 0 aromatic carbocycles. The molecule has 0 aliphatic carbocycles. The second-order valence-electron chi connectivity index (χ2n) is 1.74. The van der Waals surface area contributed by atoms with Gasteiger partial charge in [0.15, 0.2) is 5.62 Å². The molecule has 0 spiro atoms. The van der Waals surface area contributed by atoms with Crippen LogP contribution in [0.4, 0.5) is 0 Å². The molecule has 1 heterocycles. The first-order valence-corrected chi connectivity index (χ1v) is 3.21. The van der Waals surface area contributed by atoms with Crippen molar-refractivity contribution in [3.63, 3.8) is 0 Å². The summed E-state index contributed by atoms with van der Waals surface area (Å²) in [6, 6.07) is 0. The van der Waals surface area contributed by atoms with Crippen molar-refractivity contribution < 1.29 is 5.21 Å². The molecule has 0 bridgehead atoms. The van der Waals surface area contributed by atoms with Gasteiger partial charge in [-0.1, -0.05) is 11.6 Å². The summed E-state index contributed by atoms with van der Waals surface area (Å²) >= 11 is 11.0. The minimum absolute atomic E-state index is 0.253. The summed E-state index contributed by atoms with van der Waals surface area (Å²) in [6.45, 7) is 0.732. The molecule has 4 nitrogen and oxygen atoms in total. The number of hydrogen-bond donors (Lipinski definition) is 2. The first-order valence-electron chi connectivity index (χ1n) is 2.44. The lowest BCUT2D eigenvalue weighted by molar-refractivity contribution is -0.151. The summed E-state index contributed by atoms with van der Waals surface area (Å²) in [5.74, 6) is 0. The third kappa shape index (κ3) is 1.93. The summed E-state index contributed by atoms with van der Waals surface area (Å²) < 4.78 is 1.37. The van der Waals surface area contributed by atoms with Gasteiger partial charge in [0.25, 0.3) is 0 Å². The SMILES string of the molecule is ON1CN(Cl)CNC1Cl. The predicted octanol–water partition coefficient (Wildman–Crippen LogP) is 0.174. The first kappa shape index (κ1) is 7.53. The molecule has 1 fully saturated rings. The second kappa shape index (κ2) is 3.01. The molecule has 9 heavy (non-hydrogen) atoms. The van der Waals surface area contributed by atoms with E-state index in [9.17, 15) is 0 Å². The number of rotatable bonds is 0. The van der Waals surface area contributed by atoms with E-state index >= 15 is 0 Å². The van der Waals surface area contributed by atoms with Crippen LogP contribution in [0.1, 0.15) is 0 Å². The monoisotopic (exact) mass is 171 g/mol. The normalized spacial score (nSPS) is 33.0. The number of hydrogen-bond acceptors (Lipinski definition) is 4. The molecular weight excluding hydrogens is 165 g/mol. The average molecular weight is 172 g/mol. The van der Waals surface area contributed by atoms with E-state index < -0.39 is 5.62 Å². The van der Waals surface area contributed by atoms with Crippen LogP contribution in [-0.2, 0) is 0 Å². The van der Waals surface area contributed by atoms with E-state index in [-0.39, 0.29) is 6.67 Å². The van der Waals surface area contributed by atoms with Crippen molar-refractivity contribution in [2.24, 2.45) is 0 Å². The summed E-state index contributed by atoms with van der Waals surface area (Å²) in [5, 5.41) is 12.5. The molecule has 0 saturated carbocycles. The highest BCUT2D eigenvalue weighted by Gasteiger charge is 2.21. The van der Waals surface area contributed by atoms with Crippen molar-refractivity contribution in [1.82, 2.24) is 14.8 Å². The Bertz CT molecular complexity index is 103. The summed E-state index contributed by atoms with van der Waals surface area (Å²) in [4.78, 5) is 0. The van der Waals surface area contributed by atoms with E-state index in [1.165, 1.54) is 4.42 Å². The molecule has 0 radical (unpaired) electrons. The maximum absolute atomic E-state index is 8.86. The Morgan fingerprint density at radius 2 is 2.33 bits per heavy atom. The Hall–Kier alpha value is 0.420. The van der Waals surface area contributed by atoms with E-state index in [1.54, 1.807) is 0 Å². The summed E-state index contributed by atoms with van der Waals surface area (Å²) in [6.07, 6.45) is 0. The van der Waals surface area contributed by atoms with Crippen LogP contribution in [0.3, 0.4) is 0 Å². The quantitative estimate of drug-likeness (QED) is 0.310. The number of nitrogens with one attached hydrogen (secondary N) is 1. The van der Waals surface area contributed by atoms with Gasteiger partial charge < -0.3 is 5.21 Å². The second-order valence-corrected chi connectivity index (χ2v) is 2.63. The Kier molecular flexibility index (Phi) is 2.51. The summed E-state index contributed by atoms with van der Waals surface area (Å²) in [7, 11) is 0. The van der Waals surface area contributed by atoms with Crippen LogP contribution >= 0.6 is 23.4 Å². The molecule has 6 heteroatoms. The Morgan fingerprint density at radius 1 is 1.67 bits per heavy atom. The molecule has 1 rings (SSSR count). The maximum atomic E-state index is 8.86. The van der Waals surface area contributed by atoms with Gasteiger partial charge >= 0.3 is 0 Å². The average Bonchev–Trinajstić information content (AvgIpc) is 1.80. The van der Waals surface area contributed by atoms with E-state index in [1.807, 2.05) is 0 Å². The number of nitrogens with zero attached hydrogens (tertiary/aromatic N) is 2. The number of halogens is 2. The van der Waals surface area contributed by atoms with Crippen molar-refractivity contribution in [2.75, 3.05) is 13.3 Å². The lowest BCUT2D eigenvalue weighted by Crippen LogP contribution is -2.52. The van der Waals surface area contributed by atoms with Gasteiger partial charge in [-0.2, -0.15) is 4.42 Å². The van der Waals surface area contributed by atoms with Gasteiger partial charge in [0.05, 0.1) is 13.3 Å². The minimum atomic E-state index is -0.528. The molecule has 0 aromatic rings.